The monoisotopic (exact) mass is 256 g/mol. The van der Waals surface area contributed by atoms with E-state index in [0.29, 0.717) is 19.3 Å². The van der Waals surface area contributed by atoms with E-state index in [1.807, 2.05) is 20.8 Å². The van der Waals surface area contributed by atoms with Crippen molar-refractivity contribution in [2.75, 3.05) is 5.88 Å². The zero-order valence-electron chi connectivity index (χ0n) is 10.9. The van der Waals surface area contributed by atoms with Gasteiger partial charge in [0.2, 0.25) is 0 Å². The Morgan fingerprint density at radius 3 is 2.35 bits per heavy atom. The Kier molecular flexibility index (Phi) is 7.15. The lowest BCUT2D eigenvalue weighted by atomic mass is 9.81. The number of carbonyl (C=O) groups excluding carboxylic acids is 2. The van der Waals surface area contributed by atoms with Crippen molar-refractivity contribution >= 4 is 23.2 Å². The first kappa shape index (κ1) is 16.2. The van der Waals surface area contributed by atoms with Crippen LogP contribution in [0.15, 0.2) is 0 Å². The van der Waals surface area contributed by atoms with Crippen LogP contribution in [0, 0.1) is 23.7 Å². The lowest BCUT2D eigenvalue weighted by molar-refractivity contribution is -0.132. The fraction of sp³-hybridized carbons (Fsp3) is 0.714. The smallest absolute Gasteiger partial charge is 0.142 e. The number of alkyl halides is 1. The normalized spacial score (nSPS) is 12.9. The largest absolute Gasteiger partial charge is 0.300 e. The number of hydrogen-bond acceptors (Lipinski definition) is 2. The number of carbonyl (C=O) groups is 2. The highest BCUT2D eigenvalue weighted by atomic mass is 35.5. The third-order valence-electron chi connectivity index (χ3n) is 2.55. The average molecular weight is 257 g/mol. The van der Waals surface area contributed by atoms with Gasteiger partial charge in [0, 0.05) is 36.5 Å². The molecule has 3 heteroatoms. The molecule has 0 fully saturated rings. The molecule has 1 unspecified atom stereocenters. The second-order valence-electron chi connectivity index (χ2n) is 5.27. The van der Waals surface area contributed by atoms with Crippen LogP contribution in [0.4, 0.5) is 0 Å². The first-order valence-electron chi connectivity index (χ1n) is 5.88. The summed E-state index contributed by atoms with van der Waals surface area (Å²) in [6, 6.07) is 0. The highest BCUT2D eigenvalue weighted by molar-refractivity contribution is 6.19. The third-order valence-corrected chi connectivity index (χ3v) is 2.92. The summed E-state index contributed by atoms with van der Waals surface area (Å²) in [6.07, 6.45) is 7.08. The van der Waals surface area contributed by atoms with E-state index in [9.17, 15) is 9.59 Å². The summed E-state index contributed by atoms with van der Waals surface area (Å²) in [6.45, 7) is 5.53. The topological polar surface area (TPSA) is 34.1 Å². The van der Waals surface area contributed by atoms with E-state index in [2.05, 4.69) is 5.92 Å². The van der Waals surface area contributed by atoms with Gasteiger partial charge in [-0.15, -0.1) is 23.9 Å². The molecule has 17 heavy (non-hydrogen) atoms. The van der Waals surface area contributed by atoms with Gasteiger partial charge >= 0.3 is 0 Å². The van der Waals surface area contributed by atoms with Gasteiger partial charge < -0.3 is 0 Å². The zero-order chi connectivity index (χ0) is 13.5. The molecular formula is C14H21ClO2. The Morgan fingerprint density at radius 2 is 1.94 bits per heavy atom. The summed E-state index contributed by atoms with van der Waals surface area (Å²) < 4.78 is 0. The van der Waals surface area contributed by atoms with Crippen LogP contribution in [0.3, 0.4) is 0 Å². The van der Waals surface area contributed by atoms with Crippen molar-refractivity contribution in [3.8, 4) is 12.3 Å². The van der Waals surface area contributed by atoms with Gasteiger partial charge in [0.15, 0.2) is 0 Å². The molecule has 0 aliphatic heterocycles. The molecule has 0 N–H and O–H groups in total. The number of terminal acetylenes is 1. The van der Waals surface area contributed by atoms with Gasteiger partial charge in [-0.05, 0) is 6.42 Å². The van der Waals surface area contributed by atoms with E-state index in [0.717, 1.165) is 0 Å². The minimum atomic E-state index is -0.446. The molecule has 0 rings (SSSR count). The lowest BCUT2D eigenvalue weighted by Crippen LogP contribution is -2.31. The van der Waals surface area contributed by atoms with Crippen molar-refractivity contribution in [1.29, 1.82) is 0 Å². The van der Waals surface area contributed by atoms with Crippen LogP contribution in [0.1, 0.15) is 46.5 Å². The third kappa shape index (κ3) is 6.48. The fourth-order valence-corrected chi connectivity index (χ4v) is 1.84. The standard InChI is InChI=1S/C14H21ClO2/c1-5-6-7-8-12(16)9-11(10-15)13(17)14(2,3)4/h1,11H,6-10H2,2-4H3. The lowest BCUT2D eigenvalue weighted by Gasteiger charge is -2.22. The Hall–Kier alpha value is -0.810. The molecule has 0 aliphatic rings. The van der Waals surface area contributed by atoms with Gasteiger partial charge in [-0.1, -0.05) is 20.8 Å². The summed E-state index contributed by atoms with van der Waals surface area (Å²) in [7, 11) is 0. The van der Waals surface area contributed by atoms with Crippen molar-refractivity contribution in [2.24, 2.45) is 11.3 Å². The van der Waals surface area contributed by atoms with E-state index in [4.69, 9.17) is 18.0 Å². The molecule has 0 radical (unpaired) electrons. The Labute approximate surface area is 109 Å². The number of unbranched alkanes of at least 4 members (excludes halogenated alkanes) is 1. The van der Waals surface area contributed by atoms with Gasteiger partial charge in [0.1, 0.15) is 11.6 Å². The summed E-state index contributed by atoms with van der Waals surface area (Å²) in [5.74, 6) is 2.46. The Morgan fingerprint density at radius 1 is 1.35 bits per heavy atom. The van der Waals surface area contributed by atoms with E-state index in [1.165, 1.54) is 0 Å². The van der Waals surface area contributed by atoms with Crippen LogP contribution in [0.25, 0.3) is 0 Å². The first-order valence-corrected chi connectivity index (χ1v) is 6.41. The minimum absolute atomic E-state index is 0.0535. The summed E-state index contributed by atoms with van der Waals surface area (Å²) in [4.78, 5) is 23.6. The molecular weight excluding hydrogens is 236 g/mol. The second-order valence-corrected chi connectivity index (χ2v) is 5.57. The molecule has 0 bridgehead atoms. The average Bonchev–Trinajstić information content (AvgIpc) is 2.24. The van der Waals surface area contributed by atoms with E-state index in [-0.39, 0.29) is 29.8 Å². The molecule has 2 nitrogen and oxygen atoms in total. The number of halogens is 1. The SMILES string of the molecule is C#CCCCC(=O)CC(CCl)C(=O)C(C)(C)C. The maximum absolute atomic E-state index is 12.0. The van der Waals surface area contributed by atoms with Gasteiger partial charge in [-0.25, -0.2) is 0 Å². The van der Waals surface area contributed by atoms with E-state index < -0.39 is 5.41 Å². The van der Waals surface area contributed by atoms with Crippen molar-refractivity contribution in [2.45, 2.75) is 46.5 Å². The van der Waals surface area contributed by atoms with Crippen molar-refractivity contribution in [1.82, 2.24) is 0 Å². The van der Waals surface area contributed by atoms with Gasteiger partial charge in [0.25, 0.3) is 0 Å². The van der Waals surface area contributed by atoms with Crippen molar-refractivity contribution < 1.29 is 9.59 Å². The van der Waals surface area contributed by atoms with E-state index in [1.54, 1.807) is 0 Å². The molecule has 0 aromatic carbocycles. The molecule has 0 spiro atoms. The van der Waals surface area contributed by atoms with Crippen molar-refractivity contribution in [3.63, 3.8) is 0 Å². The number of Topliss-reactive ketones (excluding diaryl/α,β-unsaturated/α-hetero) is 2. The van der Waals surface area contributed by atoms with Crippen LogP contribution in [-0.2, 0) is 9.59 Å². The molecule has 0 saturated carbocycles. The van der Waals surface area contributed by atoms with Crippen LogP contribution >= 0.6 is 11.6 Å². The second kappa shape index (κ2) is 7.50. The van der Waals surface area contributed by atoms with Crippen molar-refractivity contribution in [3.05, 3.63) is 0 Å². The van der Waals surface area contributed by atoms with Crippen LogP contribution < -0.4 is 0 Å². The first-order chi connectivity index (χ1) is 7.82. The van der Waals surface area contributed by atoms with Gasteiger partial charge in [0.05, 0.1) is 0 Å². The molecule has 0 saturated heterocycles. The van der Waals surface area contributed by atoms with Gasteiger partial charge in [-0.2, -0.15) is 0 Å². The molecule has 0 aliphatic carbocycles. The fourth-order valence-electron chi connectivity index (χ4n) is 1.59. The molecule has 0 heterocycles. The molecule has 1 atom stereocenters. The van der Waals surface area contributed by atoms with Crippen LogP contribution in [0.5, 0.6) is 0 Å². The highest BCUT2D eigenvalue weighted by Crippen LogP contribution is 2.24. The number of rotatable bonds is 7. The predicted octanol–water partition coefficient (Wildman–Crippen LogP) is 3.22. The summed E-state index contributed by atoms with van der Waals surface area (Å²) in [5, 5.41) is 0. The molecule has 0 amide bonds. The van der Waals surface area contributed by atoms with Crippen LogP contribution in [0.2, 0.25) is 0 Å². The molecule has 96 valence electrons. The van der Waals surface area contributed by atoms with Crippen LogP contribution in [-0.4, -0.2) is 17.4 Å². The molecule has 0 aromatic heterocycles. The maximum atomic E-state index is 12.0. The summed E-state index contributed by atoms with van der Waals surface area (Å²) in [5.41, 5.74) is -0.446. The minimum Gasteiger partial charge on any atom is -0.300 e. The van der Waals surface area contributed by atoms with Gasteiger partial charge in [-0.3, -0.25) is 9.59 Å². The number of hydrogen-bond donors (Lipinski definition) is 0. The Balaban J connectivity index is 4.28. The zero-order valence-corrected chi connectivity index (χ0v) is 11.6. The predicted molar refractivity (Wildman–Crippen MR) is 71.0 cm³/mol. The van der Waals surface area contributed by atoms with E-state index >= 15 is 0 Å². The molecule has 0 aromatic rings. The number of ketones is 2. The maximum Gasteiger partial charge on any atom is 0.142 e. The summed E-state index contributed by atoms with van der Waals surface area (Å²) >= 11 is 5.77. The Bertz CT molecular complexity index is 307. The quantitative estimate of drug-likeness (QED) is 0.398. The highest BCUT2D eigenvalue weighted by Gasteiger charge is 2.30.